The minimum absolute atomic E-state index is 0.0157. The van der Waals surface area contributed by atoms with Gasteiger partial charge in [-0.2, -0.15) is 0 Å². The molecule has 0 aromatic heterocycles. The fourth-order valence-corrected chi connectivity index (χ4v) is 1.42. The highest BCUT2D eigenvalue weighted by Gasteiger charge is 2.14. The zero-order chi connectivity index (χ0) is 13.7. The molecular weight excluding hydrogens is 256 g/mol. The summed E-state index contributed by atoms with van der Waals surface area (Å²) >= 11 is 5.79. The van der Waals surface area contributed by atoms with E-state index in [4.69, 9.17) is 22.1 Å². The van der Waals surface area contributed by atoms with Crippen molar-refractivity contribution < 1.29 is 14.3 Å². The molecule has 1 amide bonds. The molecule has 0 unspecified atom stereocenters. The normalized spacial score (nSPS) is 9.94. The molecular formula is C12H15ClN2O3. The lowest BCUT2D eigenvalue weighted by molar-refractivity contribution is -0.129. The Balaban J connectivity index is 2.56. The summed E-state index contributed by atoms with van der Waals surface area (Å²) in [5.41, 5.74) is 6.05. The van der Waals surface area contributed by atoms with Gasteiger partial charge in [0.15, 0.2) is 0 Å². The Morgan fingerprint density at radius 2 is 2.06 bits per heavy atom. The summed E-state index contributed by atoms with van der Waals surface area (Å²) in [7, 11) is 3.28. The van der Waals surface area contributed by atoms with Crippen LogP contribution < -0.4 is 5.73 Å². The van der Waals surface area contributed by atoms with Crippen molar-refractivity contribution in [2.75, 3.05) is 26.4 Å². The Hall–Kier alpha value is -1.75. The van der Waals surface area contributed by atoms with Gasteiger partial charge in [0.25, 0.3) is 0 Å². The Kier molecular flexibility index (Phi) is 4.97. The van der Waals surface area contributed by atoms with E-state index in [0.29, 0.717) is 5.02 Å². The molecule has 0 aliphatic heterocycles. The van der Waals surface area contributed by atoms with Crippen LogP contribution >= 0.6 is 11.6 Å². The predicted molar refractivity (Wildman–Crippen MR) is 69.5 cm³/mol. The van der Waals surface area contributed by atoms with Gasteiger partial charge in [-0.3, -0.25) is 4.79 Å². The average Bonchev–Trinajstić information content (AvgIpc) is 2.32. The van der Waals surface area contributed by atoms with Crippen LogP contribution in [-0.4, -0.2) is 37.5 Å². The van der Waals surface area contributed by atoms with Crippen LogP contribution in [0.5, 0.6) is 0 Å². The number of hydrogen-bond acceptors (Lipinski definition) is 4. The fourth-order valence-electron chi connectivity index (χ4n) is 1.25. The van der Waals surface area contributed by atoms with Gasteiger partial charge in [-0.05, 0) is 12.1 Å². The van der Waals surface area contributed by atoms with E-state index in [1.165, 1.54) is 11.0 Å². The van der Waals surface area contributed by atoms with Crippen molar-refractivity contribution in [3.05, 3.63) is 28.8 Å². The first-order valence-corrected chi connectivity index (χ1v) is 5.72. The van der Waals surface area contributed by atoms with E-state index in [0.717, 1.165) is 0 Å². The molecule has 5 nitrogen and oxygen atoms in total. The summed E-state index contributed by atoms with van der Waals surface area (Å²) in [5.74, 6) is -0.691. The number of benzene rings is 1. The SMILES string of the molecule is CN(C)C(=O)CCOC(=O)c1cccc(Cl)c1N. The standard InChI is InChI=1S/C12H15ClN2O3/c1-15(2)10(16)6-7-18-12(17)8-4-3-5-9(13)11(8)14/h3-5H,6-7,14H2,1-2H3. The Labute approximate surface area is 110 Å². The largest absolute Gasteiger partial charge is 0.461 e. The number of para-hydroxylation sites is 1. The van der Waals surface area contributed by atoms with Crippen molar-refractivity contribution in [1.29, 1.82) is 0 Å². The molecule has 0 spiro atoms. The van der Waals surface area contributed by atoms with Gasteiger partial charge in [0, 0.05) is 14.1 Å². The second-order valence-electron chi connectivity index (χ2n) is 3.88. The van der Waals surface area contributed by atoms with Crippen LogP contribution in [0.3, 0.4) is 0 Å². The van der Waals surface area contributed by atoms with Crippen molar-refractivity contribution >= 4 is 29.2 Å². The molecule has 0 aliphatic carbocycles. The third-order valence-corrected chi connectivity index (χ3v) is 2.65. The van der Waals surface area contributed by atoms with Crippen LogP contribution in [0.25, 0.3) is 0 Å². The van der Waals surface area contributed by atoms with Crippen LogP contribution in [0.2, 0.25) is 5.02 Å². The highest BCUT2D eigenvalue weighted by atomic mass is 35.5. The molecule has 1 rings (SSSR count). The maximum Gasteiger partial charge on any atom is 0.340 e. The highest BCUT2D eigenvalue weighted by Crippen LogP contribution is 2.22. The molecule has 1 aromatic carbocycles. The number of carbonyl (C=O) groups is 2. The van der Waals surface area contributed by atoms with Crippen LogP contribution in [0.4, 0.5) is 5.69 Å². The van der Waals surface area contributed by atoms with Gasteiger partial charge in [-0.25, -0.2) is 4.79 Å². The number of nitrogen functional groups attached to an aromatic ring is 1. The Morgan fingerprint density at radius 1 is 1.39 bits per heavy atom. The number of amides is 1. The Bertz CT molecular complexity index is 461. The first kappa shape index (κ1) is 14.3. The van der Waals surface area contributed by atoms with Crippen molar-refractivity contribution in [3.63, 3.8) is 0 Å². The van der Waals surface area contributed by atoms with Crippen molar-refractivity contribution in [3.8, 4) is 0 Å². The lowest BCUT2D eigenvalue weighted by Gasteiger charge is -2.11. The van der Waals surface area contributed by atoms with E-state index in [1.807, 2.05) is 0 Å². The molecule has 0 atom stereocenters. The van der Waals surface area contributed by atoms with Gasteiger partial charge in [-0.15, -0.1) is 0 Å². The Morgan fingerprint density at radius 3 is 2.67 bits per heavy atom. The van der Waals surface area contributed by atoms with E-state index in [2.05, 4.69) is 0 Å². The molecule has 0 heterocycles. The molecule has 0 saturated carbocycles. The molecule has 6 heteroatoms. The van der Waals surface area contributed by atoms with Crippen molar-refractivity contribution in [1.82, 2.24) is 4.90 Å². The number of esters is 1. The summed E-state index contributed by atoms with van der Waals surface area (Å²) < 4.78 is 4.96. The number of nitrogens with zero attached hydrogens (tertiary/aromatic N) is 1. The number of anilines is 1. The number of hydrogen-bond donors (Lipinski definition) is 1. The summed E-state index contributed by atoms with van der Waals surface area (Å²) in [4.78, 5) is 24.4. The molecule has 0 aliphatic rings. The minimum atomic E-state index is -0.582. The van der Waals surface area contributed by atoms with Crippen LogP contribution in [0.15, 0.2) is 18.2 Å². The van der Waals surface area contributed by atoms with E-state index in [9.17, 15) is 9.59 Å². The molecule has 98 valence electrons. The third-order valence-electron chi connectivity index (χ3n) is 2.32. The number of nitrogens with two attached hydrogens (primary N) is 1. The number of halogens is 1. The summed E-state index contributed by atoms with van der Waals surface area (Å²) in [6, 6.07) is 4.72. The molecule has 0 fully saturated rings. The average molecular weight is 271 g/mol. The molecule has 2 N–H and O–H groups in total. The molecule has 1 aromatic rings. The molecule has 0 bridgehead atoms. The third kappa shape index (κ3) is 3.63. The zero-order valence-electron chi connectivity index (χ0n) is 10.3. The summed E-state index contributed by atoms with van der Waals surface area (Å²) in [6.07, 6.45) is 0.138. The maximum atomic E-state index is 11.7. The topological polar surface area (TPSA) is 72.6 Å². The summed E-state index contributed by atoms with van der Waals surface area (Å²) in [5, 5.41) is 0.300. The maximum absolute atomic E-state index is 11.7. The van der Waals surface area contributed by atoms with Crippen molar-refractivity contribution in [2.45, 2.75) is 6.42 Å². The smallest absolute Gasteiger partial charge is 0.340 e. The quantitative estimate of drug-likeness (QED) is 0.666. The van der Waals surface area contributed by atoms with E-state index in [1.54, 1.807) is 26.2 Å². The van der Waals surface area contributed by atoms with E-state index in [-0.39, 0.29) is 30.2 Å². The molecule has 0 saturated heterocycles. The molecule has 0 radical (unpaired) electrons. The van der Waals surface area contributed by atoms with Gasteiger partial charge < -0.3 is 15.4 Å². The zero-order valence-corrected chi connectivity index (χ0v) is 11.0. The van der Waals surface area contributed by atoms with Gasteiger partial charge in [0.1, 0.15) is 6.61 Å². The lowest BCUT2D eigenvalue weighted by Crippen LogP contribution is -2.23. The minimum Gasteiger partial charge on any atom is -0.461 e. The van der Waals surface area contributed by atoms with Crippen molar-refractivity contribution in [2.24, 2.45) is 0 Å². The first-order chi connectivity index (χ1) is 8.43. The van der Waals surface area contributed by atoms with Crippen LogP contribution in [-0.2, 0) is 9.53 Å². The van der Waals surface area contributed by atoms with Gasteiger partial charge in [0.05, 0.1) is 22.7 Å². The second-order valence-corrected chi connectivity index (χ2v) is 4.28. The number of carbonyl (C=O) groups excluding carboxylic acids is 2. The van der Waals surface area contributed by atoms with Gasteiger partial charge in [0.2, 0.25) is 5.91 Å². The first-order valence-electron chi connectivity index (χ1n) is 5.34. The van der Waals surface area contributed by atoms with Crippen LogP contribution in [0, 0.1) is 0 Å². The van der Waals surface area contributed by atoms with E-state index >= 15 is 0 Å². The monoisotopic (exact) mass is 270 g/mol. The fraction of sp³-hybridized carbons (Fsp3) is 0.333. The highest BCUT2D eigenvalue weighted by molar-refractivity contribution is 6.33. The molecule has 18 heavy (non-hydrogen) atoms. The summed E-state index contributed by atoms with van der Waals surface area (Å²) in [6.45, 7) is 0.0157. The lowest BCUT2D eigenvalue weighted by atomic mass is 10.2. The van der Waals surface area contributed by atoms with Crippen LogP contribution in [0.1, 0.15) is 16.8 Å². The number of ether oxygens (including phenoxy) is 1. The van der Waals surface area contributed by atoms with Gasteiger partial charge >= 0.3 is 5.97 Å². The predicted octanol–water partition coefficient (Wildman–Crippen LogP) is 1.56. The van der Waals surface area contributed by atoms with Gasteiger partial charge in [-0.1, -0.05) is 17.7 Å². The second kappa shape index (κ2) is 6.26. The van der Waals surface area contributed by atoms with E-state index < -0.39 is 5.97 Å². The number of rotatable bonds is 4.